The Hall–Kier alpha value is -2.43. The number of aryl methyl sites for hydroxylation is 4. The highest BCUT2D eigenvalue weighted by Crippen LogP contribution is 2.22. The van der Waals surface area contributed by atoms with Gasteiger partial charge < -0.3 is 5.32 Å². The van der Waals surface area contributed by atoms with Gasteiger partial charge in [0.1, 0.15) is 5.69 Å². The number of carbonyl (C=O) groups is 1. The molecule has 1 N–H and O–H groups in total. The van der Waals surface area contributed by atoms with Crippen LogP contribution < -0.4 is 10.9 Å². The van der Waals surface area contributed by atoms with Crippen molar-refractivity contribution in [3.63, 3.8) is 0 Å². The molecule has 0 aliphatic rings. The van der Waals surface area contributed by atoms with Crippen molar-refractivity contribution in [1.82, 2.24) is 9.78 Å². The molecule has 0 aliphatic carbocycles. The predicted molar refractivity (Wildman–Crippen MR) is 92.0 cm³/mol. The van der Waals surface area contributed by atoms with E-state index >= 15 is 0 Å². The molecule has 122 valence electrons. The van der Waals surface area contributed by atoms with Gasteiger partial charge in [0.05, 0.1) is 0 Å². The number of hydrogen-bond acceptors (Lipinski definition) is 3. The zero-order chi connectivity index (χ0) is 17.0. The minimum atomic E-state index is -0.301. The molecule has 1 aromatic heterocycles. The van der Waals surface area contributed by atoms with Gasteiger partial charge in [-0.2, -0.15) is 5.10 Å². The molecule has 1 amide bonds. The fraction of sp³-hybridized carbons (Fsp3) is 0.389. The van der Waals surface area contributed by atoms with Crippen LogP contribution in [0.5, 0.6) is 0 Å². The molecule has 0 saturated carbocycles. The van der Waals surface area contributed by atoms with Crippen LogP contribution in [0.1, 0.15) is 46.9 Å². The van der Waals surface area contributed by atoms with Crippen LogP contribution >= 0.6 is 0 Å². The number of aromatic nitrogens is 2. The maximum atomic E-state index is 12.5. The molecule has 0 aliphatic heterocycles. The van der Waals surface area contributed by atoms with Crippen molar-refractivity contribution in [2.24, 2.45) is 0 Å². The van der Waals surface area contributed by atoms with Crippen LogP contribution in [0.4, 0.5) is 5.69 Å². The lowest BCUT2D eigenvalue weighted by molar-refractivity contribution is 0.101. The Bertz CT molecular complexity index is 755. The van der Waals surface area contributed by atoms with Crippen LogP contribution in [0, 0.1) is 20.8 Å². The summed E-state index contributed by atoms with van der Waals surface area (Å²) in [5.74, 6) is -0.301. The average Bonchev–Trinajstić information content (AvgIpc) is 2.49. The SMILES string of the molecule is CCCCn1nc(C(=O)Nc2c(C)cc(C)cc2C)ccc1=O. The molecule has 1 aromatic carbocycles. The van der Waals surface area contributed by atoms with E-state index in [2.05, 4.69) is 10.4 Å². The Balaban J connectivity index is 2.26. The fourth-order valence-electron chi connectivity index (χ4n) is 2.59. The largest absolute Gasteiger partial charge is 0.320 e. The number of carbonyl (C=O) groups excluding carboxylic acids is 1. The van der Waals surface area contributed by atoms with E-state index in [4.69, 9.17) is 0 Å². The van der Waals surface area contributed by atoms with Gasteiger partial charge in [0.2, 0.25) is 0 Å². The molecule has 0 atom stereocenters. The van der Waals surface area contributed by atoms with E-state index in [0.29, 0.717) is 6.54 Å². The number of benzene rings is 1. The van der Waals surface area contributed by atoms with E-state index in [1.165, 1.54) is 16.8 Å². The van der Waals surface area contributed by atoms with Crippen molar-refractivity contribution in [3.05, 3.63) is 57.0 Å². The smallest absolute Gasteiger partial charge is 0.276 e. The quantitative estimate of drug-likeness (QED) is 0.922. The highest BCUT2D eigenvalue weighted by atomic mass is 16.2. The van der Waals surface area contributed by atoms with Crippen molar-refractivity contribution in [2.45, 2.75) is 47.1 Å². The van der Waals surface area contributed by atoms with Crippen molar-refractivity contribution in [2.75, 3.05) is 5.32 Å². The summed E-state index contributed by atoms with van der Waals surface area (Å²) in [5.41, 5.74) is 4.04. The third-order valence-electron chi connectivity index (χ3n) is 3.74. The van der Waals surface area contributed by atoms with E-state index in [-0.39, 0.29) is 17.2 Å². The Kier molecular flexibility index (Phi) is 5.32. The number of hydrogen-bond donors (Lipinski definition) is 1. The first kappa shape index (κ1) is 16.9. The monoisotopic (exact) mass is 313 g/mol. The molecule has 5 heteroatoms. The molecule has 1 heterocycles. The molecule has 0 spiro atoms. The highest BCUT2D eigenvalue weighted by molar-refractivity contribution is 6.03. The lowest BCUT2D eigenvalue weighted by Gasteiger charge is -2.13. The summed E-state index contributed by atoms with van der Waals surface area (Å²) in [6.45, 7) is 8.52. The normalized spacial score (nSPS) is 10.6. The Morgan fingerprint density at radius 2 is 1.83 bits per heavy atom. The van der Waals surface area contributed by atoms with Crippen LogP contribution in [0.3, 0.4) is 0 Å². The molecule has 23 heavy (non-hydrogen) atoms. The molecule has 0 fully saturated rings. The van der Waals surface area contributed by atoms with Gasteiger partial charge in [-0.25, -0.2) is 4.68 Å². The number of rotatable bonds is 5. The van der Waals surface area contributed by atoms with Gasteiger partial charge in [-0.1, -0.05) is 31.0 Å². The number of unbranched alkanes of at least 4 members (excludes halogenated alkanes) is 1. The maximum absolute atomic E-state index is 12.5. The number of anilines is 1. The number of amides is 1. The van der Waals surface area contributed by atoms with Crippen LogP contribution in [0.15, 0.2) is 29.1 Å². The minimum absolute atomic E-state index is 0.183. The highest BCUT2D eigenvalue weighted by Gasteiger charge is 2.13. The minimum Gasteiger partial charge on any atom is -0.320 e. The summed E-state index contributed by atoms with van der Waals surface area (Å²) < 4.78 is 1.35. The summed E-state index contributed by atoms with van der Waals surface area (Å²) >= 11 is 0. The van der Waals surface area contributed by atoms with Gasteiger partial charge in [-0.15, -0.1) is 0 Å². The van der Waals surface area contributed by atoms with Gasteiger partial charge in [0, 0.05) is 18.3 Å². The van der Waals surface area contributed by atoms with Gasteiger partial charge in [0.15, 0.2) is 0 Å². The number of nitrogens with one attached hydrogen (secondary N) is 1. The third kappa shape index (κ3) is 4.06. The first-order chi connectivity index (χ1) is 10.9. The Labute approximate surface area is 136 Å². The zero-order valence-corrected chi connectivity index (χ0v) is 14.1. The molecule has 5 nitrogen and oxygen atoms in total. The van der Waals surface area contributed by atoms with E-state index in [1.807, 2.05) is 39.8 Å². The summed E-state index contributed by atoms with van der Waals surface area (Å²) in [6, 6.07) is 6.92. The van der Waals surface area contributed by atoms with Crippen LogP contribution in [0.2, 0.25) is 0 Å². The van der Waals surface area contributed by atoms with Gasteiger partial charge in [-0.3, -0.25) is 9.59 Å². The Morgan fingerprint density at radius 1 is 1.17 bits per heavy atom. The van der Waals surface area contributed by atoms with Gasteiger partial charge in [0.25, 0.3) is 11.5 Å². The molecule has 0 bridgehead atoms. The standard InChI is InChI=1S/C18H23N3O2/c1-5-6-9-21-16(22)8-7-15(20-21)18(23)19-17-13(3)10-12(2)11-14(17)4/h7-8,10-11H,5-6,9H2,1-4H3,(H,19,23). The van der Waals surface area contributed by atoms with Gasteiger partial charge >= 0.3 is 0 Å². The Morgan fingerprint density at radius 3 is 2.43 bits per heavy atom. The summed E-state index contributed by atoms with van der Waals surface area (Å²) in [6.07, 6.45) is 1.82. The van der Waals surface area contributed by atoms with Crippen LogP contribution in [-0.2, 0) is 6.54 Å². The summed E-state index contributed by atoms with van der Waals surface area (Å²) in [5, 5.41) is 7.08. The molecule has 0 unspecified atom stereocenters. The second kappa shape index (κ2) is 7.22. The van der Waals surface area contributed by atoms with Crippen LogP contribution in [-0.4, -0.2) is 15.7 Å². The van der Waals surface area contributed by atoms with Crippen molar-refractivity contribution >= 4 is 11.6 Å². The molecule has 0 radical (unpaired) electrons. The van der Waals surface area contributed by atoms with Crippen molar-refractivity contribution in [1.29, 1.82) is 0 Å². The number of nitrogens with zero attached hydrogens (tertiary/aromatic N) is 2. The lowest BCUT2D eigenvalue weighted by Crippen LogP contribution is -2.26. The van der Waals surface area contributed by atoms with E-state index in [1.54, 1.807) is 0 Å². The molecule has 2 rings (SSSR count). The van der Waals surface area contributed by atoms with Crippen molar-refractivity contribution < 1.29 is 4.79 Å². The van der Waals surface area contributed by atoms with Gasteiger partial charge in [-0.05, 0) is 44.4 Å². The lowest BCUT2D eigenvalue weighted by atomic mass is 10.1. The summed E-state index contributed by atoms with van der Waals surface area (Å²) in [4.78, 5) is 24.2. The molecule has 2 aromatic rings. The predicted octanol–water partition coefficient (Wildman–Crippen LogP) is 3.22. The first-order valence-electron chi connectivity index (χ1n) is 7.89. The second-order valence-corrected chi connectivity index (χ2v) is 5.86. The second-order valence-electron chi connectivity index (χ2n) is 5.86. The molecular weight excluding hydrogens is 290 g/mol. The molecular formula is C18H23N3O2. The van der Waals surface area contributed by atoms with E-state index < -0.39 is 0 Å². The third-order valence-corrected chi connectivity index (χ3v) is 3.74. The van der Waals surface area contributed by atoms with E-state index in [9.17, 15) is 9.59 Å². The molecule has 0 saturated heterocycles. The first-order valence-corrected chi connectivity index (χ1v) is 7.89. The maximum Gasteiger partial charge on any atom is 0.276 e. The van der Waals surface area contributed by atoms with Crippen molar-refractivity contribution in [3.8, 4) is 0 Å². The average molecular weight is 313 g/mol. The zero-order valence-electron chi connectivity index (χ0n) is 14.1. The fourth-order valence-corrected chi connectivity index (χ4v) is 2.59. The summed E-state index contributed by atoms with van der Waals surface area (Å²) in [7, 11) is 0. The van der Waals surface area contributed by atoms with Crippen LogP contribution in [0.25, 0.3) is 0 Å². The topological polar surface area (TPSA) is 64.0 Å². The van der Waals surface area contributed by atoms with E-state index in [0.717, 1.165) is 35.2 Å².